The third-order valence-electron chi connectivity index (χ3n) is 4.86. The van der Waals surface area contributed by atoms with Gasteiger partial charge in [0, 0.05) is 0 Å². The van der Waals surface area contributed by atoms with Crippen molar-refractivity contribution in [1.82, 2.24) is 4.98 Å². The zero-order chi connectivity index (χ0) is 13.1. The molecule has 3 aromatic rings. The Bertz CT molecular complexity index is 687. The van der Waals surface area contributed by atoms with Crippen LogP contribution < -0.4 is 0 Å². The third kappa shape index (κ3) is 1.25. The Morgan fingerprint density at radius 2 is 1.40 bits per heavy atom. The van der Waals surface area contributed by atoms with E-state index in [2.05, 4.69) is 4.98 Å². The van der Waals surface area contributed by atoms with E-state index in [9.17, 15) is 0 Å². The topological polar surface area (TPSA) is 42.1 Å². The van der Waals surface area contributed by atoms with Gasteiger partial charge in [0.25, 0.3) is 0 Å². The van der Waals surface area contributed by atoms with Gasteiger partial charge in [-0.3, -0.25) is 0 Å². The van der Waals surface area contributed by atoms with Crippen molar-refractivity contribution in [3.05, 3.63) is 47.9 Å². The van der Waals surface area contributed by atoms with Crippen LogP contribution in [0.2, 0.25) is 0 Å². The fourth-order valence-corrected chi connectivity index (χ4v) is 4.11. The standard InChI is InChI=1S/C17H15NO2/c1-3-12(19-7-1)16-14-10-5-6-11(9-10)15(14)17(18-16)13-4-2-8-20-13/h1-4,7-8,10-11,18H,5-6,9H2. The van der Waals surface area contributed by atoms with Gasteiger partial charge >= 0.3 is 0 Å². The van der Waals surface area contributed by atoms with Crippen LogP contribution in [0.5, 0.6) is 0 Å². The summed E-state index contributed by atoms with van der Waals surface area (Å²) in [5.74, 6) is 3.25. The van der Waals surface area contributed by atoms with Gasteiger partial charge in [0.05, 0.1) is 23.9 Å². The molecule has 2 unspecified atom stereocenters. The van der Waals surface area contributed by atoms with Crippen LogP contribution in [0.1, 0.15) is 42.2 Å². The second-order valence-corrected chi connectivity index (χ2v) is 5.86. The van der Waals surface area contributed by atoms with E-state index in [1.807, 2.05) is 24.3 Å². The molecule has 1 fully saturated rings. The zero-order valence-corrected chi connectivity index (χ0v) is 11.1. The molecule has 0 spiro atoms. The van der Waals surface area contributed by atoms with Crippen molar-refractivity contribution in [2.45, 2.75) is 31.1 Å². The molecule has 0 saturated heterocycles. The summed E-state index contributed by atoms with van der Waals surface area (Å²) in [6, 6.07) is 7.96. The molecule has 1 saturated carbocycles. The summed E-state index contributed by atoms with van der Waals surface area (Å²) in [6.45, 7) is 0. The maximum absolute atomic E-state index is 5.62. The lowest BCUT2D eigenvalue weighted by atomic mass is 9.91. The Labute approximate surface area is 116 Å². The van der Waals surface area contributed by atoms with E-state index in [-0.39, 0.29) is 0 Å². The van der Waals surface area contributed by atoms with Gasteiger partial charge in [-0.1, -0.05) is 0 Å². The van der Waals surface area contributed by atoms with Crippen molar-refractivity contribution in [2.75, 3.05) is 0 Å². The number of hydrogen-bond donors (Lipinski definition) is 1. The van der Waals surface area contributed by atoms with E-state index in [0.717, 1.165) is 22.9 Å². The average Bonchev–Trinajstić information content (AvgIpc) is 3.23. The van der Waals surface area contributed by atoms with Gasteiger partial charge in [-0.05, 0) is 66.5 Å². The Morgan fingerprint density at radius 3 is 1.85 bits per heavy atom. The highest BCUT2D eigenvalue weighted by Crippen LogP contribution is 2.58. The minimum absolute atomic E-state index is 0.690. The second kappa shape index (κ2) is 3.69. The number of furan rings is 2. The molecule has 0 aliphatic heterocycles. The fourth-order valence-electron chi connectivity index (χ4n) is 4.11. The van der Waals surface area contributed by atoms with Crippen molar-refractivity contribution >= 4 is 0 Å². The summed E-state index contributed by atoms with van der Waals surface area (Å²) >= 11 is 0. The molecule has 3 nitrogen and oxygen atoms in total. The molecule has 0 radical (unpaired) electrons. The Morgan fingerprint density at radius 1 is 0.850 bits per heavy atom. The number of hydrogen-bond acceptors (Lipinski definition) is 2. The molecule has 3 heteroatoms. The van der Waals surface area contributed by atoms with Crippen molar-refractivity contribution < 1.29 is 8.83 Å². The van der Waals surface area contributed by atoms with E-state index in [1.165, 1.54) is 30.4 Å². The average molecular weight is 265 g/mol. The SMILES string of the molecule is c1coc(-c2[nH]c(-c3ccco3)c3c2C2CCC3C2)c1. The van der Waals surface area contributed by atoms with E-state index >= 15 is 0 Å². The van der Waals surface area contributed by atoms with Gasteiger partial charge in [-0.2, -0.15) is 0 Å². The smallest absolute Gasteiger partial charge is 0.150 e. The number of aromatic amines is 1. The van der Waals surface area contributed by atoms with Gasteiger partial charge in [0.2, 0.25) is 0 Å². The molecule has 5 rings (SSSR count). The van der Waals surface area contributed by atoms with Gasteiger partial charge in [-0.25, -0.2) is 0 Å². The Hall–Kier alpha value is -2.16. The molecule has 2 aliphatic rings. The molecule has 3 heterocycles. The lowest BCUT2D eigenvalue weighted by molar-refractivity contribution is 0.575. The van der Waals surface area contributed by atoms with Crippen LogP contribution in [0.15, 0.2) is 45.6 Å². The van der Waals surface area contributed by atoms with Crippen molar-refractivity contribution in [3.8, 4) is 22.9 Å². The van der Waals surface area contributed by atoms with Crippen molar-refractivity contribution in [3.63, 3.8) is 0 Å². The highest BCUT2D eigenvalue weighted by Gasteiger charge is 2.42. The molecular weight excluding hydrogens is 250 g/mol. The summed E-state index contributed by atoms with van der Waals surface area (Å²) in [7, 11) is 0. The molecule has 0 amide bonds. The summed E-state index contributed by atoms with van der Waals surface area (Å²) < 4.78 is 11.2. The van der Waals surface area contributed by atoms with Gasteiger partial charge < -0.3 is 13.8 Å². The van der Waals surface area contributed by atoms with Crippen LogP contribution in [0.25, 0.3) is 22.9 Å². The molecule has 3 aromatic heterocycles. The minimum Gasteiger partial charge on any atom is -0.463 e. The van der Waals surface area contributed by atoms with Gasteiger partial charge in [0.15, 0.2) is 0 Å². The number of nitrogens with one attached hydrogen (secondary N) is 1. The molecule has 20 heavy (non-hydrogen) atoms. The monoisotopic (exact) mass is 265 g/mol. The van der Waals surface area contributed by atoms with Crippen LogP contribution >= 0.6 is 0 Å². The van der Waals surface area contributed by atoms with Crippen LogP contribution in [0.3, 0.4) is 0 Å². The Balaban J connectivity index is 1.79. The third-order valence-corrected chi connectivity index (χ3v) is 4.86. The van der Waals surface area contributed by atoms with Crippen LogP contribution in [0.4, 0.5) is 0 Å². The van der Waals surface area contributed by atoms with E-state index < -0.39 is 0 Å². The first-order valence-corrected chi connectivity index (χ1v) is 7.25. The molecule has 2 atom stereocenters. The second-order valence-electron chi connectivity index (χ2n) is 5.86. The van der Waals surface area contributed by atoms with Crippen LogP contribution in [-0.4, -0.2) is 4.98 Å². The molecule has 0 aromatic carbocycles. The van der Waals surface area contributed by atoms with E-state index in [1.54, 1.807) is 12.5 Å². The van der Waals surface area contributed by atoms with E-state index in [4.69, 9.17) is 8.83 Å². The molecule has 2 bridgehead atoms. The minimum atomic E-state index is 0.690. The van der Waals surface area contributed by atoms with Crippen molar-refractivity contribution in [1.29, 1.82) is 0 Å². The maximum atomic E-state index is 5.62. The van der Waals surface area contributed by atoms with E-state index in [0.29, 0.717) is 11.8 Å². The largest absolute Gasteiger partial charge is 0.463 e. The lowest BCUT2D eigenvalue weighted by Crippen LogP contribution is -1.96. The van der Waals surface area contributed by atoms with Crippen molar-refractivity contribution in [2.24, 2.45) is 0 Å². The quantitative estimate of drug-likeness (QED) is 0.716. The summed E-state index contributed by atoms with van der Waals surface area (Å²) in [4.78, 5) is 3.57. The number of H-pyrrole nitrogens is 1. The highest BCUT2D eigenvalue weighted by atomic mass is 16.3. The lowest BCUT2D eigenvalue weighted by Gasteiger charge is -2.12. The molecule has 2 aliphatic carbocycles. The summed E-state index contributed by atoms with van der Waals surface area (Å²) in [6.07, 6.45) is 7.38. The first-order chi connectivity index (χ1) is 9.92. The zero-order valence-electron chi connectivity index (χ0n) is 11.1. The maximum Gasteiger partial charge on any atom is 0.150 e. The predicted molar refractivity (Wildman–Crippen MR) is 75.5 cm³/mol. The first kappa shape index (κ1) is 10.6. The fraction of sp³-hybridized carbons (Fsp3) is 0.294. The number of fused-ring (bicyclic) bond motifs is 5. The number of rotatable bonds is 2. The van der Waals surface area contributed by atoms with Gasteiger partial charge in [-0.15, -0.1) is 0 Å². The highest BCUT2D eigenvalue weighted by molar-refractivity contribution is 5.75. The summed E-state index contributed by atoms with van der Waals surface area (Å²) in [5, 5.41) is 0. The number of aromatic nitrogens is 1. The Kier molecular flexibility index (Phi) is 1.96. The molecular formula is C17H15NO2. The first-order valence-electron chi connectivity index (χ1n) is 7.25. The van der Waals surface area contributed by atoms with Crippen LogP contribution in [0, 0.1) is 0 Å². The normalized spacial score (nSPS) is 23.4. The summed E-state index contributed by atoms with van der Waals surface area (Å²) in [5.41, 5.74) is 5.26. The molecule has 1 N–H and O–H groups in total. The molecule has 100 valence electrons. The van der Waals surface area contributed by atoms with Crippen LogP contribution in [-0.2, 0) is 0 Å². The predicted octanol–water partition coefficient (Wildman–Crippen LogP) is 4.90. The van der Waals surface area contributed by atoms with Gasteiger partial charge in [0.1, 0.15) is 11.5 Å².